The summed E-state index contributed by atoms with van der Waals surface area (Å²) >= 11 is 0. The first-order valence-corrected chi connectivity index (χ1v) is 16.0. The van der Waals surface area contributed by atoms with Crippen LogP contribution in [0.1, 0.15) is 55.8 Å². The summed E-state index contributed by atoms with van der Waals surface area (Å²) in [6.07, 6.45) is -0.0483. The number of aromatic nitrogens is 4. The lowest BCUT2D eigenvalue weighted by atomic mass is 9.91. The van der Waals surface area contributed by atoms with Gasteiger partial charge in [0.05, 0.1) is 19.5 Å². The van der Waals surface area contributed by atoms with E-state index in [0.717, 1.165) is 25.9 Å². The predicted octanol–water partition coefficient (Wildman–Crippen LogP) is 3.30. The SMILES string of the molecule is COC[C@H]1O[C@@H](n2cnc3c(NCC(c4ccccc4)c4ccccc4)nc(CNC4CCN(C(C)C)CC4)nc32)[C@H](O)[C@@H]1O. The van der Waals surface area contributed by atoms with Crippen LogP contribution in [0, 0.1) is 0 Å². The molecule has 11 heteroatoms. The molecular formula is C34H45N7O4. The summed E-state index contributed by atoms with van der Waals surface area (Å²) in [5.74, 6) is 1.32. The van der Waals surface area contributed by atoms with Crippen molar-refractivity contribution < 1.29 is 19.7 Å². The van der Waals surface area contributed by atoms with Crippen molar-refractivity contribution in [2.24, 2.45) is 0 Å². The van der Waals surface area contributed by atoms with Crippen molar-refractivity contribution in [2.75, 3.05) is 38.7 Å². The van der Waals surface area contributed by atoms with Crippen molar-refractivity contribution in [3.8, 4) is 0 Å². The average Bonchev–Trinajstić information content (AvgIpc) is 3.61. The molecule has 2 fully saturated rings. The number of anilines is 1. The minimum atomic E-state index is -1.16. The quantitative estimate of drug-likeness (QED) is 0.188. The monoisotopic (exact) mass is 615 g/mol. The molecule has 2 aliphatic heterocycles. The molecule has 4 N–H and O–H groups in total. The summed E-state index contributed by atoms with van der Waals surface area (Å²) in [5.41, 5.74) is 3.50. The number of fused-ring (bicyclic) bond motifs is 1. The maximum Gasteiger partial charge on any atom is 0.168 e. The number of ether oxygens (including phenoxy) is 2. The zero-order valence-corrected chi connectivity index (χ0v) is 26.3. The van der Waals surface area contributed by atoms with Gasteiger partial charge in [0, 0.05) is 31.7 Å². The van der Waals surface area contributed by atoms with Crippen molar-refractivity contribution in [3.63, 3.8) is 0 Å². The summed E-state index contributed by atoms with van der Waals surface area (Å²) in [5, 5.41) is 28.8. The van der Waals surface area contributed by atoms with Gasteiger partial charge in [-0.1, -0.05) is 60.7 Å². The van der Waals surface area contributed by atoms with Crippen molar-refractivity contribution in [2.45, 2.75) is 75.8 Å². The Labute approximate surface area is 264 Å². The fraction of sp³-hybridized carbons (Fsp3) is 0.500. The molecule has 11 nitrogen and oxygen atoms in total. The zero-order chi connectivity index (χ0) is 31.3. The Morgan fingerprint density at radius 1 is 0.956 bits per heavy atom. The van der Waals surface area contributed by atoms with E-state index in [0.29, 0.717) is 48.0 Å². The molecule has 4 heterocycles. The highest BCUT2D eigenvalue weighted by Gasteiger charge is 2.44. The van der Waals surface area contributed by atoms with Crippen molar-refractivity contribution >= 4 is 17.0 Å². The summed E-state index contributed by atoms with van der Waals surface area (Å²) in [7, 11) is 1.54. The van der Waals surface area contributed by atoms with E-state index in [2.05, 4.69) is 82.9 Å². The highest BCUT2D eigenvalue weighted by molar-refractivity contribution is 5.83. The molecule has 2 aromatic carbocycles. The van der Waals surface area contributed by atoms with E-state index in [1.165, 1.54) is 18.2 Å². The fourth-order valence-corrected chi connectivity index (χ4v) is 6.46. The zero-order valence-electron chi connectivity index (χ0n) is 26.3. The third-order valence-corrected chi connectivity index (χ3v) is 9.10. The molecule has 2 aliphatic rings. The number of benzene rings is 2. The minimum Gasteiger partial charge on any atom is -0.387 e. The van der Waals surface area contributed by atoms with Gasteiger partial charge in [-0.3, -0.25) is 4.57 Å². The molecule has 0 aliphatic carbocycles. The molecule has 0 radical (unpaired) electrons. The molecule has 240 valence electrons. The molecule has 2 saturated heterocycles. The normalized spacial score (nSPS) is 23.0. The van der Waals surface area contributed by atoms with E-state index < -0.39 is 24.5 Å². The number of piperidine rings is 1. The highest BCUT2D eigenvalue weighted by Crippen LogP contribution is 2.33. The van der Waals surface area contributed by atoms with E-state index in [4.69, 9.17) is 19.4 Å². The Balaban J connectivity index is 1.29. The van der Waals surface area contributed by atoms with Crippen LogP contribution in [0.5, 0.6) is 0 Å². The maximum atomic E-state index is 10.9. The van der Waals surface area contributed by atoms with Gasteiger partial charge in [-0.2, -0.15) is 0 Å². The van der Waals surface area contributed by atoms with Gasteiger partial charge < -0.3 is 35.2 Å². The molecule has 0 bridgehead atoms. The Morgan fingerprint density at radius 2 is 1.62 bits per heavy atom. The van der Waals surface area contributed by atoms with Crippen molar-refractivity contribution in [3.05, 3.63) is 83.9 Å². The predicted molar refractivity (Wildman–Crippen MR) is 173 cm³/mol. The number of methoxy groups -OCH3 is 1. The van der Waals surface area contributed by atoms with Gasteiger partial charge >= 0.3 is 0 Å². The second kappa shape index (κ2) is 14.3. The Morgan fingerprint density at radius 3 is 2.24 bits per heavy atom. The van der Waals surface area contributed by atoms with Crippen molar-refractivity contribution in [1.29, 1.82) is 0 Å². The largest absolute Gasteiger partial charge is 0.387 e. The van der Waals surface area contributed by atoms with E-state index in [1.54, 1.807) is 10.9 Å². The first kappa shape index (κ1) is 31.5. The Hall–Kier alpha value is -3.45. The average molecular weight is 616 g/mol. The highest BCUT2D eigenvalue weighted by atomic mass is 16.6. The summed E-state index contributed by atoms with van der Waals surface area (Å²) < 4.78 is 13.0. The second-order valence-electron chi connectivity index (χ2n) is 12.4. The third-order valence-electron chi connectivity index (χ3n) is 9.10. The number of hydrogen-bond acceptors (Lipinski definition) is 10. The molecule has 2 aromatic heterocycles. The van der Waals surface area contributed by atoms with Gasteiger partial charge in [0.15, 0.2) is 23.2 Å². The smallest absolute Gasteiger partial charge is 0.168 e. The van der Waals surface area contributed by atoms with Crippen LogP contribution >= 0.6 is 0 Å². The molecular weight excluding hydrogens is 570 g/mol. The molecule has 4 atom stereocenters. The number of nitrogens with one attached hydrogen (secondary N) is 2. The summed E-state index contributed by atoms with van der Waals surface area (Å²) in [6.45, 7) is 7.87. The molecule has 0 spiro atoms. The summed E-state index contributed by atoms with van der Waals surface area (Å²) in [6, 6.07) is 21.8. The molecule has 0 amide bonds. The molecule has 45 heavy (non-hydrogen) atoms. The molecule has 0 unspecified atom stereocenters. The Bertz CT molecular complexity index is 1470. The molecule has 6 rings (SSSR count). The number of imidazole rings is 1. The number of aliphatic hydroxyl groups excluding tert-OH is 2. The number of likely N-dealkylation sites (tertiary alicyclic amines) is 1. The molecule has 4 aromatic rings. The van der Waals surface area contributed by atoms with Gasteiger partial charge in [0.2, 0.25) is 0 Å². The van der Waals surface area contributed by atoms with Gasteiger partial charge in [0.1, 0.15) is 24.1 Å². The van der Waals surface area contributed by atoms with Crippen LogP contribution < -0.4 is 10.6 Å². The lowest BCUT2D eigenvalue weighted by molar-refractivity contribution is -0.0580. The number of nitrogens with zero attached hydrogens (tertiary/aromatic N) is 5. The standard InChI is InChI=1S/C34H45N7O4/c1-22(2)40-16-14-25(15-17-40)35-19-28-38-32(36-18-26(23-10-6-4-7-11-23)24-12-8-5-9-13-24)29-33(39-28)41(21-37-29)34-31(43)30(42)27(45-34)20-44-3/h4-13,21-22,25-27,30-31,34-35,42-43H,14-20H2,1-3H3,(H,36,38,39)/t27-,30-,31-,34-/m1/s1. The first-order valence-electron chi connectivity index (χ1n) is 16.0. The van der Waals surface area contributed by atoms with Gasteiger partial charge in [-0.05, 0) is 50.9 Å². The minimum absolute atomic E-state index is 0.0807. The summed E-state index contributed by atoms with van der Waals surface area (Å²) in [4.78, 5) is 17.1. The van der Waals surface area contributed by atoms with Crippen LogP contribution in [0.25, 0.3) is 11.2 Å². The number of aliphatic hydroxyl groups is 2. The number of rotatable bonds is 12. The Kier molecular flexibility index (Phi) is 10.0. The van der Waals surface area contributed by atoms with Crippen molar-refractivity contribution in [1.82, 2.24) is 29.7 Å². The molecule has 0 saturated carbocycles. The van der Waals surface area contributed by atoms with Crippen LogP contribution in [-0.2, 0) is 16.0 Å². The van der Waals surface area contributed by atoms with Crippen LogP contribution in [0.3, 0.4) is 0 Å². The van der Waals surface area contributed by atoms with Gasteiger partial charge in [-0.25, -0.2) is 15.0 Å². The topological polar surface area (TPSA) is 130 Å². The van der Waals surface area contributed by atoms with E-state index >= 15 is 0 Å². The van der Waals surface area contributed by atoms with Crippen LogP contribution in [0.2, 0.25) is 0 Å². The maximum absolute atomic E-state index is 10.9. The van der Waals surface area contributed by atoms with E-state index in [1.807, 2.05) is 12.1 Å². The second-order valence-corrected chi connectivity index (χ2v) is 12.4. The lowest BCUT2D eigenvalue weighted by Gasteiger charge is -2.34. The van der Waals surface area contributed by atoms with Gasteiger partial charge in [-0.15, -0.1) is 0 Å². The lowest BCUT2D eigenvalue weighted by Crippen LogP contribution is -2.44. The van der Waals surface area contributed by atoms with E-state index in [9.17, 15) is 10.2 Å². The fourth-order valence-electron chi connectivity index (χ4n) is 6.46. The number of hydrogen-bond donors (Lipinski definition) is 4. The van der Waals surface area contributed by atoms with Crippen LogP contribution in [0.4, 0.5) is 5.82 Å². The van der Waals surface area contributed by atoms with Crippen LogP contribution in [-0.4, -0.2) is 98.4 Å². The third kappa shape index (κ3) is 7.04. The van der Waals surface area contributed by atoms with Crippen LogP contribution in [0.15, 0.2) is 67.0 Å². The first-order chi connectivity index (χ1) is 21.9. The van der Waals surface area contributed by atoms with Gasteiger partial charge in [0.25, 0.3) is 0 Å². The van der Waals surface area contributed by atoms with E-state index in [-0.39, 0.29) is 12.5 Å².